The van der Waals surface area contributed by atoms with E-state index in [1.54, 1.807) is 0 Å². The Hall–Kier alpha value is -2.11. The second kappa shape index (κ2) is 6.11. The van der Waals surface area contributed by atoms with Gasteiger partial charge in [-0.2, -0.15) is 0 Å². The number of amides is 1. The highest BCUT2D eigenvalue weighted by Crippen LogP contribution is 2.22. The van der Waals surface area contributed by atoms with E-state index in [1.165, 1.54) is 30.3 Å². The molecule has 0 aromatic heterocycles. The van der Waals surface area contributed by atoms with E-state index in [1.807, 2.05) is 0 Å². The predicted octanol–water partition coefficient (Wildman–Crippen LogP) is 4.08. The third-order valence-corrected chi connectivity index (χ3v) is 3.26. The number of carboxylic acid groups (broad SMARTS) is 1. The van der Waals surface area contributed by atoms with Crippen LogP contribution in [0.15, 0.2) is 36.4 Å². The summed E-state index contributed by atoms with van der Waals surface area (Å²) in [5.41, 5.74) is 0.299. The highest BCUT2D eigenvalue weighted by atomic mass is 35.5. The van der Waals surface area contributed by atoms with Crippen LogP contribution in [-0.4, -0.2) is 17.0 Å². The molecule has 2 aromatic rings. The number of benzene rings is 2. The molecule has 1 amide bonds. The highest BCUT2D eigenvalue weighted by Gasteiger charge is 2.12. The summed E-state index contributed by atoms with van der Waals surface area (Å²) in [7, 11) is 0. The van der Waals surface area contributed by atoms with E-state index in [4.69, 9.17) is 28.3 Å². The molecule has 0 unspecified atom stereocenters. The zero-order chi connectivity index (χ0) is 15.6. The Kier molecular flexibility index (Phi) is 4.45. The van der Waals surface area contributed by atoms with Crippen LogP contribution < -0.4 is 5.32 Å². The predicted molar refractivity (Wildman–Crippen MR) is 77.8 cm³/mol. The van der Waals surface area contributed by atoms with Gasteiger partial charge in [0.25, 0.3) is 5.91 Å². The van der Waals surface area contributed by atoms with E-state index in [-0.39, 0.29) is 21.2 Å². The molecule has 2 aromatic carbocycles. The van der Waals surface area contributed by atoms with Crippen LogP contribution in [-0.2, 0) is 0 Å². The number of carbonyl (C=O) groups excluding carboxylic acids is 1. The van der Waals surface area contributed by atoms with E-state index in [0.717, 1.165) is 6.07 Å². The first-order valence-corrected chi connectivity index (χ1v) is 6.43. The minimum Gasteiger partial charge on any atom is -0.478 e. The van der Waals surface area contributed by atoms with Crippen molar-refractivity contribution in [3.63, 3.8) is 0 Å². The van der Waals surface area contributed by atoms with Gasteiger partial charge in [-0.3, -0.25) is 4.79 Å². The summed E-state index contributed by atoms with van der Waals surface area (Å²) in [4.78, 5) is 22.7. The lowest BCUT2D eigenvalue weighted by atomic mass is 10.1. The van der Waals surface area contributed by atoms with Gasteiger partial charge in [0.2, 0.25) is 0 Å². The third kappa shape index (κ3) is 3.51. The Morgan fingerprint density at radius 2 is 1.76 bits per heavy atom. The van der Waals surface area contributed by atoms with Gasteiger partial charge in [-0.1, -0.05) is 23.2 Å². The lowest BCUT2D eigenvalue weighted by Crippen LogP contribution is -2.12. The first kappa shape index (κ1) is 15.3. The fraction of sp³-hybridized carbons (Fsp3) is 0. The van der Waals surface area contributed by atoms with Crippen LogP contribution in [0, 0.1) is 5.82 Å². The van der Waals surface area contributed by atoms with Crippen LogP contribution in [0.1, 0.15) is 20.7 Å². The van der Waals surface area contributed by atoms with Gasteiger partial charge in [-0.05, 0) is 36.4 Å². The summed E-state index contributed by atoms with van der Waals surface area (Å²) in [6.45, 7) is 0. The molecule has 0 aliphatic heterocycles. The number of hydrogen-bond donors (Lipinski definition) is 2. The van der Waals surface area contributed by atoms with Gasteiger partial charge in [0.15, 0.2) is 0 Å². The van der Waals surface area contributed by atoms with E-state index >= 15 is 0 Å². The second-order valence-electron chi connectivity index (χ2n) is 4.08. The summed E-state index contributed by atoms with van der Waals surface area (Å²) in [6, 6.07) is 7.60. The second-order valence-corrected chi connectivity index (χ2v) is 4.90. The molecule has 2 N–H and O–H groups in total. The van der Waals surface area contributed by atoms with Crippen LogP contribution in [0.5, 0.6) is 0 Å². The number of rotatable bonds is 3. The largest absolute Gasteiger partial charge is 0.478 e. The average molecular weight is 328 g/mol. The molecule has 4 nitrogen and oxygen atoms in total. The number of halogens is 3. The quantitative estimate of drug-likeness (QED) is 0.892. The molecule has 0 saturated carbocycles. The summed E-state index contributed by atoms with van der Waals surface area (Å²) in [5.74, 6) is -2.44. The van der Waals surface area contributed by atoms with Crippen molar-refractivity contribution in [1.29, 1.82) is 0 Å². The van der Waals surface area contributed by atoms with Crippen molar-refractivity contribution in [3.8, 4) is 0 Å². The first-order valence-electron chi connectivity index (χ1n) is 5.67. The molecule has 0 spiro atoms. The van der Waals surface area contributed by atoms with Gasteiger partial charge in [0.05, 0.1) is 15.6 Å². The summed E-state index contributed by atoms with van der Waals surface area (Å²) in [6.07, 6.45) is 0. The van der Waals surface area contributed by atoms with Crippen LogP contribution in [0.3, 0.4) is 0 Å². The van der Waals surface area contributed by atoms with Crippen molar-refractivity contribution in [2.45, 2.75) is 0 Å². The average Bonchev–Trinajstić information content (AvgIpc) is 2.41. The zero-order valence-electron chi connectivity index (χ0n) is 10.4. The molecule has 0 aliphatic carbocycles. The maximum atomic E-state index is 13.3. The molecule has 108 valence electrons. The summed E-state index contributed by atoms with van der Waals surface area (Å²) in [5, 5.41) is 11.2. The van der Waals surface area contributed by atoms with Gasteiger partial charge >= 0.3 is 5.97 Å². The molecule has 0 saturated heterocycles. The minimum absolute atomic E-state index is 0.0115. The monoisotopic (exact) mass is 327 g/mol. The fourth-order valence-corrected chi connectivity index (χ4v) is 1.99. The Morgan fingerprint density at radius 1 is 1.05 bits per heavy atom. The van der Waals surface area contributed by atoms with Gasteiger partial charge in [0, 0.05) is 11.3 Å². The van der Waals surface area contributed by atoms with Gasteiger partial charge < -0.3 is 10.4 Å². The molecule has 0 aliphatic rings. The standard InChI is InChI=1S/C14H8Cl2FNO3/c15-10-4-1-7(5-12(10)17)13(19)18-8-2-3-9(14(20)21)11(16)6-8/h1-6H,(H,18,19)(H,20,21). The van der Waals surface area contributed by atoms with Crippen molar-refractivity contribution in [2.24, 2.45) is 0 Å². The van der Waals surface area contributed by atoms with Crippen LogP contribution in [0.4, 0.5) is 10.1 Å². The van der Waals surface area contributed by atoms with Gasteiger partial charge in [0.1, 0.15) is 5.82 Å². The molecule has 0 bridgehead atoms. The Labute approximate surface area is 129 Å². The topological polar surface area (TPSA) is 66.4 Å². The molecule has 7 heteroatoms. The Morgan fingerprint density at radius 3 is 2.33 bits per heavy atom. The van der Waals surface area contributed by atoms with Crippen LogP contribution in [0.25, 0.3) is 0 Å². The SMILES string of the molecule is O=C(Nc1ccc(C(=O)O)c(Cl)c1)c1ccc(Cl)c(F)c1. The van der Waals surface area contributed by atoms with Crippen molar-refractivity contribution < 1.29 is 19.1 Å². The number of hydrogen-bond acceptors (Lipinski definition) is 2. The fourth-order valence-electron chi connectivity index (χ4n) is 1.61. The van der Waals surface area contributed by atoms with Gasteiger partial charge in [-0.15, -0.1) is 0 Å². The zero-order valence-corrected chi connectivity index (χ0v) is 11.9. The molecule has 2 rings (SSSR count). The molecule has 21 heavy (non-hydrogen) atoms. The van der Waals surface area contributed by atoms with Crippen molar-refractivity contribution in [3.05, 3.63) is 63.4 Å². The number of nitrogens with one attached hydrogen (secondary N) is 1. The normalized spacial score (nSPS) is 10.2. The van der Waals surface area contributed by atoms with E-state index < -0.39 is 17.7 Å². The smallest absolute Gasteiger partial charge is 0.337 e. The van der Waals surface area contributed by atoms with E-state index in [2.05, 4.69) is 5.32 Å². The molecular weight excluding hydrogens is 320 g/mol. The summed E-state index contributed by atoms with van der Waals surface area (Å²) >= 11 is 11.3. The molecular formula is C14H8Cl2FNO3. The van der Waals surface area contributed by atoms with Crippen molar-refractivity contribution in [2.75, 3.05) is 5.32 Å². The van der Waals surface area contributed by atoms with Crippen LogP contribution >= 0.6 is 23.2 Å². The number of anilines is 1. The summed E-state index contributed by atoms with van der Waals surface area (Å²) < 4.78 is 13.3. The molecule has 0 fully saturated rings. The Bertz CT molecular complexity index is 734. The maximum absolute atomic E-state index is 13.3. The molecule has 0 radical (unpaired) electrons. The molecule has 0 atom stereocenters. The lowest BCUT2D eigenvalue weighted by Gasteiger charge is -2.07. The van der Waals surface area contributed by atoms with Gasteiger partial charge in [-0.25, -0.2) is 9.18 Å². The third-order valence-electron chi connectivity index (χ3n) is 2.64. The lowest BCUT2D eigenvalue weighted by molar-refractivity contribution is 0.0697. The number of carbonyl (C=O) groups is 2. The minimum atomic E-state index is -1.17. The maximum Gasteiger partial charge on any atom is 0.337 e. The Balaban J connectivity index is 2.21. The highest BCUT2D eigenvalue weighted by molar-refractivity contribution is 6.34. The number of carboxylic acids is 1. The van der Waals surface area contributed by atoms with Crippen LogP contribution in [0.2, 0.25) is 10.0 Å². The van der Waals surface area contributed by atoms with E-state index in [0.29, 0.717) is 5.69 Å². The number of aromatic carboxylic acids is 1. The first-order chi connectivity index (χ1) is 9.88. The molecule has 0 heterocycles. The van der Waals surface area contributed by atoms with Crippen molar-refractivity contribution >= 4 is 40.8 Å². The van der Waals surface area contributed by atoms with Crippen molar-refractivity contribution in [1.82, 2.24) is 0 Å². The van der Waals surface area contributed by atoms with E-state index in [9.17, 15) is 14.0 Å².